The Morgan fingerprint density at radius 2 is 1.17 bits per heavy atom. The minimum absolute atomic E-state index is 0.583. The largest absolute Gasteiger partial charge is 0.332 e. The zero-order chi connectivity index (χ0) is 17.1. The van der Waals surface area contributed by atoms with Gasteiger partial charge >= 0.3 is 0 Å². The fourth-order valence-electron chi connectivity index (χ4n) is 2.70. The summed E-state index contributed by atoms with van der Waals surface area (Å²) in [6, 6.07) is 20.7. The molecule has 1 heterocycles. The van der Waals surface area contributed by atoms with E-state index in [4.69, 9.17) is 12.2 Å². The summed E-state index contributed by atoms with van der Waals surface area (Å²) in [5.74, 6) is 0. The number of thiocarbonyl (C=S) groups is 1. The highest BCUT2D eigenvalue weighted by Gasteiger charge is 2.04. The second-order valence-corrected chi connectivity index (χ2v) is 6.35. The third-order valence-corrected chi connectivity index (χ3v) is 4.17. The molecule has 2 aromatic carbocycles. The molecule has 3 rings (SSSR count). The summed E-state index contributed by atoms with van der Waals surface area (Å²) in [5.41, 5.74) is 6.78. The quantitative estimate of drug-likeness (QED) is 0.644. The van der Waals surface area contributed by atoms with Crippen molar-refractivity contribution in [3.63, 3.8) is 0 Å². The Labute approximate surface area is 148 Å². The number of hydrogen-bond acceptors (Lipinski definition) is 1. The summed E-state index contributed by atoms with van der Waals surface area (Å²) < 4.78 is 2.23. The highest BCUT2D eigenvalue weighted by Crippen LogP contribution is 2.19. The van der Waals surface area contributed by atoms with Crippen molar-refractivity contribution in [2.45, 2.75) is 20.8 Å². The van der Waals surface area contributed by atoms with Crippen molar-refractivity contribution in [2.75, 3.05) is 10.6 Å². The van der Waals surface area contributed by atoms with E-state index in [1.165, 1.54) is 17.0 Å². The Balaban J connectivity index is 1.68. The molecule has 0 saturated carbocycles. The molecule has 4 heteroatoms. The van der Waals surface area contributed by atoms with E-state index in [2.05, 4.69) is 72.4 Å². The number of benzene rings is 2. The summed E-state index contributed by atoms with van der Waals surface area (Å²) in [6.07, 6.45) is 0. The van der Waals surface area contributed by atoms with Crippen molar-refractivity contribution < 1.29 is 0 Å². The number of nitrogens with zero attached hydrogens (tertiary/aromatic N) is 1. The molecular formula is C20H21N3S. The second kappa shape index (κ2) is 6.89. The van der Waals surface area contributed by atoms with E-state index in [-0.39, 0.29) is 0 Å². The standard InChI is InChI=1S/C20H21N3S/c1-14-4-8-17(9-5-14)21-20(24)22-18-10-12-19(13-11-18)23-15(2)6-7-16(23)3/h4-13H,1-3H3,(H2,21,22,24). The van der Waals surface area contributed by atoms with Gasteiger partial charge in [-0.25, -0.2) is 0 Å². The van der Waals surface area contributed by atoms with Gasteiger partial charge in [-0.2, -0.15) is 0 Å². The lowest BCUT2D eigenvalue weighted by Gasteiger charge is -2.13. The molecule has 0 atom stereocenters. The van der Waals surface area contributed by atoms with Crippen LogP contribution in [0.1, 0.15) is 17.0 Å². The van der Waals surface area contributed by atoms with Crippen molar-refractivity contribution in [2.24, 2.45) is 0 Å². The highest BCUT2D eigenvalue weighted by molar-refractivity contribution is 7.80. The van der Waals surface area contributed by atoms with Crippen LogP contribution in [0.15, 0.2) is 60.7 Å². The molecule has 0 radical (unpaired) electrons. The zero-order valence-electron chi connectivity index (χ0n) is 14.1. The van der Waals surface area contributed by atoms with Crippen LogP contribution in [0.25, 0.3) is 5.69 Å². The molecule has 0 aliphatic heterocycles. The average molecular weight is 335 g/mol. The molecule has 2 N–H and O–H groups in total. The lowest BCUT2D eigenvalue weighted by molar-refractivity contribution is 0.966. The summed E-state index contributed by atoms with van der Waals surface area (Å²) >= 11 is 5.38. The molecule has 0 aliphatic rings. The molecule has 1 aromatic heterocycles. The normalized spacial score (nSPS) is 10.5. The van der Waals surface area contributed by atoms with Gasteiger partial charge in [0.2, 0.25) is 0 Å². The average Bonchev–Trinajstić information content (AvgIpc) is 2.89. The lowest BCUT2D eigenvalue weighted by atomic mass is 10.2. The monoisotopic (exact) mass is 335 g/mol. The van der Waals surface area contributed by atoms with Gasteiger partial charge in [0.1, 0.15) is 0 Å². The molecule has 0 saturated heterocycles. The molecular weight excluding hydrogens is 314 g/mol. The molecule has 0 unspecified atom stereocenters. The third-order valence-electron chi connectivity index (χ3n) is 3.96. The minimum atomic E-state index is 0.583. The molecule has 0 fully saturated rings. The van der Waals surface area contributed by atoms with E-state index in [0.717, 1.165) is 17.1 Å². The highest BCUT2D eigenvalue weighted by atomic mass is 32.1. The van der Waals surface area contributed by atoms with Crippen LogP contribution in [0, 0.1) is 20.8 Å². The van der Waals surface area contributed by atoms with Gasteiger partial charge in [0.05, 0.1) is 0 Å². The predicted octanol–water partition coefficient (Wildman–Crippen LogP) is 5.21. The minimum Gasteiger partial charge on any atom is -0.332 e. The lowest BCUT2D eigenvalue weighted by Crippen LogP contribution is -2.19. The maximum Gasteiger partial charge on any atom is 0.175 e. The molecule has 0 amide bonds. The molecule has 3 aromatic rings. The van der Waals surface area contributed by atoms with Crippen molar-refractivity contribution in [3.05, 3.63) is 77.6 Å². The number of anilines is 2. The third kappa shape index (κ3) is 3.66. The van der Waals surface area contributed by atoms with Gasteiger partial charge in [-0.1, -0.05) is 17.7 Å². The zero-order valence-corrected chi connectivity index (χ0v) is 14.9. The number of hydrogen-bond donors (Lipinski definition) is 2. The van der Waals surface area contributed by atoms with E-state index in [9.17, 15) is 0 Å². The van der Waals surface area contributed by atoms with E-state index in [0.29, 0.717) is 5.11 Å². The SMILES string of the molecule is Cc1ccc(NC(=S)Nc2ccc(-n3c(C)ccc3C)cc2)cc1. The van der Waals surface area contributed by atoms with Crippen LogP contribution in [0.2, 0.25) is 0 Å². The van der Waals surface area contributed by atoms with Crippen LogP contribution in [0.5, 0.6) is 0 Å². The van der Waals surface area contributed by atoms with E-state index in [1.54, 1.807) is 0 Å². The van der Waals surface area contributed by atoms with Gasteiger partial charge in [-0.15, -0.1) is 0 Å². The van der Waals surface area contributed by atoms with Crippen LogP contribution in [-0.2, 0) is 0 Å². The Bertz CT molecular complexity index is 826. The first-order chi connectivity index (χ1) is 11.5. The number of aryl methyl sites for hydroxylation is 3. The number of rotatable bonds is 3. The summed E-state index contributed by atoms with van der Waals surface area (Å²) in [6.45, 7) is 6.29. The van der Waals surface area contributed by atoms with Crippen molar-refractivity contribution in [1.29, 1.82) is 0 Å². The molecule has 3 nitrogen and oxygen atoms in total. The van der Waals surface area contributed by atoms with E-state index in [1.807, 2.05) is 24.3 Å². The van der Waals surface area contributed by atoms with Gasteiger partial charge in [0.15, 0.2) is 5.11 Å². The first-order valence-electron chi connectivity index (χ1n) is 7.93. The maximum absolute atomic E-state index is 5.38. The number of aromatic nitrogens is 1. The van der Waals surface area contributed by atoms with Gasteiger partial charge in [-0.05, 0) is 81.5 Å². The van der Waals surface area contributed by atoms with E-state index >= 15 is 0 Å². The first-order valence-corrected chi connectivity index (χ1v) is 8.34. The van der Waals surface area contributed by atoms with Crippen LogP contribution in [0.4, 0.5) is 11.4 Å². The Morgan fingerprint density at radius 3 is 1.67 bits per heavy atom. The fourth-order valence-corrected chi connectivity index (χ4v) is 2.94. The molecule has 0 aliphatic carbocycles. The molecule has 122 valence electrons. The van der Waals surface area contributed by atoms with Crippen LogP contribution >= 0.6 is 12.2 Å². The topological polar surface area (TPSA) is 29.0 Å². The first kappa shape index (κ1) is 16.3. The van der Waals surface area contributed by atoms with Crippen LogP contribution < -0.4 is 10.6 Å². The maximum atomic E-state index is 5.38. The van der Waals surface area contributed by atoms with E-state index < -0.39 is 0 Å². The number of nitrogens with one attached hydrogen (secondary N) is 2. The van der Waals surface area contributed by atoms with Crippen molar-refractivity contribution >= 4 is 28.7 Å². The van der Waals surface area contributed by atoms with Gasteiger partial charge in [-0.3, -0.25) is 0 Å². The van der Waals surface area contributed by atoms with Crippen molar-refractivity contribution in [3.8, 4) is 5.69 Å². The summed E-state index contributed by atoms with van der Waals surface area (Å²) in [7, 11) is 0. The van der Waals surface area contributed by atoms with Gasteiger partial charge < -0.3 is 15.2 Å². The Morgan fingerprint density at radius 1 is 0.708 bits per heavy atom. The Hall–Kier alpha value is -2.59. The van der Waals surface area contributed by atoms with Crippen molar-refractivity contribution in [1.82, 2.24) is 4.57 Å². The fraction of sp³-hybridized carbons (Fsp3) is 0.150. The smallest absolute Gasteiger partial charge is 0.175 e. The summed E-state index contributed by atoms with van der Waals surface area (Å²) in [5, 5.41) is 6.99. The van der Waals surface area contributed by atoms with Crippen LogP contribution in [0.3, 0.4) is 0 Å². The second-order valence-electron chi connectivity index (χ2n) is 5.94. The van der Waals surface area contributed by atoms with Crippen LogP contribution in [-0.4, -0.2) is 9.68 Å². The predicted molar refractivity (Wildman–Crippen MR) is 106 cm³/mol. The molecule has 24 heavy (non-hydrogen) atoms. The van der Waals surface area contributed by atoms with Gasteiger partial charge in [0, 0.05) is 28.5 Å². The molecule has 0 bridgehead atoms. The molecule has 0 spiro atoms. The Kier molecular flexibility index (Phi) is 4.67. The van der Waals surface area contributed by atoms with Gasteiger partial charge in [0.25, 0.3) is 0 Å². The summed E-state index contributed by atoms with van der Waals surface area (Å²) in [4.78, 5) is 0.